The smallest absolute Gasteiger partial charge is 0.323 e. The average molecular weight is 350 g/mol. The van der Waals surface area contributed by atoms with Gasteiger partial charge in [-0.2, -0.15) is 9.98 Å². The summed E-state index contributed by atoms with van der Waals surface area (Å²) in [5.41, 5.74) is 0.0475. The zero-order valence-corrected chi connectivity index (χ0v) is 14.5. The standard InChI is InChI=1S/C17H22N2O4S/c1-23-17(20)15(11-13-7-3-2-4-8-13)19-24(21,22)16-10-6-5-9-14(16)12-18/h5-6,9-10,13,15,19H,2-4,7-8,11H2,1H3. The van der Waals surface area contributed by atoms with Gasteiger partial charge in [-0.15, -0.1) is 0 Å². The Morgan fingerprint density at radius 2 is 2.00 bits per heavy atom. The highest BCUT2D eigenvalue weighted by atomic mass is 32.2. The molecule has 6 nitrogen and oxygen atoms in total. The van der Waals surface area contributed by atoms with E-state index >= 15 is 0 Å². The molecule has 7 heteroatoms. The first-order valence-corrected chi connectivity index (χ1v) is 9.55. The van der Waals surface area contributed by atoms with Crippen molar-refractivity contribution in [2.75, 3.05) is 7.11 Å². The zero-order valence-electron chi connectivity index (χ0n) is 13.7. The van der Waals surface area contributed by atoms with Gasteiger partial charge in [0.25, 0.3) is 0 Å². The maximum atomic E-state index is 12.6. The molecule has 0 radical (unpaired) electrons. The Labute approximate surface area is 142 Å². The van der Waals surface area contributed by atoms with Crippen LogP contribution in [0.3, 0.4) is 0 Å². The average Bonchev–Trinajstić information content (AvgIpc) is 2.61. The van der Waals surface area contributed by atoms with Gasteiger partial charge in [0.05, 0.1) is 17.6 Å². The second kappa shape index (κ2) is 8.27. The van der Waals surface area contributed by atoms with Gasteiger partial charge in [-0.05, 0) is 24.5 Å². The molecule has 0 saturated heterocycles. The second-order valence-electron chi connectivity index (χ2n) is 6.04. The Balaban J connectivity index is 2.21. The van der Waals surface area contributed by atoms with E-state index in [2.05, 4.69) is 4.72 Å². The number of hydrogen-bond acceptors (Lipinski definition) is 5. The van der Waals surface area contributed by atoms with Crippen LogP contribution in [0.25, 0.3) is 0 Å². The number of hydrogen-bond donors (Lipinski definition) is 1. The third-order valence-corrected chi connectivity index (χ3v) is 5.90. The SMILES string of the molecule is COC(=O)C(CC1CCCCC1)NS(=O)(=O)c1ccccc1C#N. The van der Waals surface area contributed by atoms with E-state index < -0.39 is 22.0 Å². The Hall–Kier alpha value is -1.91. The van der Waals surface area contributed by atoms with Gasteiger partial charge >= 0.3 is 5.97 Å². The molecular weight excluding hydrogens is 328 g/mol. The van der Waals surface area contributed by atoms with Gasteiger partial charge in [0.2, 0.25) is 10.0 Å². The molecule has 1 aliphatic carbocycles. The summed E-state index contributed by atoms with van der Waals surface area (Å²) < 4.78 is 32.4. The molecule has 0 aliphatic heterocycles. The van der Waals surface area contributed by atoms with Crippen LogP contribution in [-0.2, 0) is 19.6 Å². The highest BCUT2D eigenvalue weighted by Crippen LogP contribution is 2.28. The number of rotatable bonds is 6. The Morgan fingerprint density at radius 1 is 1.33 bits per heavy atom. The van der Waals surface area contributed by atoms with Crippen LogP contribution in [0.5, 0.6) is 0 Å². The number of carbonyl (C=O) groups is 1. The second-order valence-corrected chi connectivity index (χ2v) is 7.73. The molecule has 0 heterocycles. The van der Waals surface area contributed by atoms with E-state index in [4.69, 9.17) is 10.00 Å². The number of esters is 1. The van der Waals surface area contributed by atoms with Crippen LogP contribution < -0.4 is 4.72 Å². The van der Waals surface area contributed by atoms with E-state index in [-0.39, 0.29) is 10.5 Å². The quantitative estimate of drug-likeness (QED) is 0.794. The van der Waals surface area contributed by atoms with Crippen molar-refractivity contribution in [3.63, 3.8) is 0 Å². The molecule has 2 rings (SSSR count). The van der Waals surface area contributed by atoms with Gasteiger partial charge in [0, 0.05) is 0 Å². The maximum absolute atomic E-state index is 12.6. The van der Waals surface area contributed by atoms with Crippen molar-refractivity contribution >= 4 is 16.0 Å². The van der Waals surface area contributed by atoms with E-state index in [9.17, 15) is 13.2 Å². The molecular formula is C17H22N2O4S. The first-order chi connectivity index (χ1) is 11.5. The normalized spacial score (nSPS) is 17.0. The third-order valence-electron chi connectivity index (χ3n) is 4.37. The number of carbonyl (C=O) groups excluding carboxylic acids is 1. The lowest BCUT2D eigenvalue weighted by molar-refractivity contribution is -0.143. The van der Waals surface area contributed by atoms with Gasteiger partial charge in [0.15, 0.2) is 0 Å². The third kappa shape index (κ3) is 4.56. The Morgan fingerprint density at radius 3 is 2.62 bits per heavy atom. The summed E-state index contributed by atoms with van der Waals surface area (Å²) in [6.45, 7) is 0. The topological polar surface area (TPSA) is 96.3 Å². The number of methoxy groups -OCH3 is 1. The van der Waals surface area contributed by atoms with E-state index in [1.807, 2.05) is 6.07 Å². The molecule has 0 aromatic heterocycles. The van der Waals surface area contributed by atoms with Crippen LogP contribution >= 0.6 is 0 Å². The summed E-state index contributed by atoms with van der Waals surface area (Å²) in [4.78, 5) is 11.9. The molecule has 1 fully saturated rings. The minimum atomic E-state index is -3.98. The summed E-state index contributed by atoms with van der Waals surface area (Å²) in [5, 5.41) is 9.10. The molecule has 1 saturated carbocycles. The zero-order chi connectivity index (χ0) is 17.6. The fourth-order valence-electron chi connectivity index (χ4n) is 3.13. The number of benzene rings is 1. The highest BCUT2D eigenvalue weighted by Gasteiger charge is 2.30. The first-order valence-electron chi connectivity index (χ1n) is 8.07. The molecule has 0 bridgehead atoms. The fourth-order valence-corrected chi connectivity index (χ4v) is 4.49. The molecule has 130 valence electrons. The van der Waals surface area contributed by atoms with Crippen LogP contribution in [0.4, 0.5) is 0 Å². The first kappa shape index (κ1) is 18.4. The van der Waals surface area contributed by atoms with E-state index in [0.29, 0.717) is 12.3 Å². The highest BCUT2D eigenvalue weighted by molar-refractivity contribution is 7.89. The van der Waals surface area contributed by atoms with Crippen LogP contribution in [0.2, 0.25) is 0 Å². The van der Waals surface area contributed by atoms with Crippen molar-refractivity contribution in [3.05, 3.63) is 29.8 Å². The van der Waals surface area contributed by atoms with Crippen LogP contribution in [0.15, 0.2) is 29.2 Å². The largest absolute Gasteiger partial charge is 0.468 e. The lowest BCUT2D eigenvalue weighted by Crippen LogP contribution is -2.43. The van der Waals surface area contributed by atoms with Gasteiger partial charge in [-0.1, -0.05) is 44.2 Å². The van der Waals surface area contributed by atoms with Crippen LogP contribution in [-0.4, -0.2) is 27.5 Å². The summed E-state index contributed by atoms with van der Waals surface area (Å²) >= 11 is 0. The Kier molecular flexibility index (Phi) is 6.35. The van der Waals surface area contributed by atoms with Crippen molar-refractivity contribution in [1.29, 1.82) is 5.26 Å². The Bertz CT molecular complexity index is 718. The van der Waals surface area contributed by atoms with E-state index in [1.54, 1.807) is 12.1 Å². The van der Waals surface area contributed by atoms with Gasteiger partial charge in [-0.25, -0.2) is 8.42 Å². The number of nitriles is 1. The molecule has 1 aliphatic rings. The predicted octanol–water partition coefficient (Wildman–Crippen LogP) is 2.35. The van der Waals surface area contributed by atoms with Crippen molar-refractivity contribution in [1.82, 2.24) is 4.72 Å². The number of ether oxygens (including phenoxy) is 1. The molecule has 0 spiro atoms. The van der Waals surface area contributed by atoms with Crippen molar-refractivity contribution < 1.29 is 17.9 Å². The molecule has 1 aromatic rings. The van der Waals surface area contributed by atoms with Crippen molar-refractivity contribution in [2.45, 2.75) is 49.5 Å². The van der Waals surface area contributed by atoms with Crippen molar-refractivity contribution in [2.24, 2.45) is 5.92 Å². The summed E-state index contributed by atoms with van der Waals surface area (Å²) in [5.74, 6) is -0.296. The van der Waals surface area contributed by atoms with E-state index in [0.717, 1.165) is 25.7 Å². The minimum Gasteiger partial charge on any atom is -0.468 e. The van der Waals surface area contributed by atoms with E-state index in [1.165, 1.54) is 25.7 Å². The fraction of sp³-hybridized carbons (Fsp3) is 0.529. The number of nitrogens with one attached hydrogen (secondary N) is 1. The van der Waals surface area contributed by atoms with Gasteiger partial charge in [-0.3, -0.25) is 4.79 Å². The molecule has 1 unspecified atom stereocenters. The molecule has 1 atom stereocenters. The summed E-state index contributed by atoms with van der Waals surface area (Å²) in [7, 11) is -2.74. The molecule has 0 amide bonds. The molecule has 24 heavy (non-hydrogen) atoms. The lowest BCUT2D eigenvalue weighted by Gasteiger charge is -2.25. The molecule has 1 aromatic carbocycles. The minimum absolute atomic E-state index is 0.0475. The summed E-state index contributed by atoms with van der Waals surface area (Å²) in [6.07, 6.45) is 5.78. The lowest BCUT2D eigenvalue weighted by atomic mass is 9.85. The monoisotopic (exact) mass is 350 g/mol. The van der Waals surface area contributed by atoms with Crippen LogP contribution in [0, 0.1) is 17.2 Å². The molecule has 1 N–H and O–H groups in total. The predicted molar refractivity (Wildman–Crippen MR) is 88.5 cm³/mol. The van der Waals surface area contributed by atoms with Crippen LogP contribution in [0.1, 0.15) is 44.1 Å². The van der Waals surface area contributed by atoms with Gasteiger partial charge < -0.3 is 4.74 Å². The maximum Gasteiger partial charge on any atom is 0.323 e. The van der Waals surface area contributed by atoms with Crippen molar-refractivity contribution in [3.8, 4) is 6.07 Å². The number of sulfonamides is 1. The number of nitrogens with zero attached hydrogens (tertiary/aromatic N) is 1. The van der Waals surface area contributed by atoms with Gasteiger partial charge in [0.1, 0.15) is 12.1 Å². The summed E-state index contributed by atoms with van der Waals surface area (Å²) in [6, 6.07) is 6.86.